The molecule has 3 nitrogen and oxygen atoms in total. The molecule has 0 aliphatic carbocycles. The van der Waals surface area contributed by atoms with Crippen molar-refractivity contribution >= 4 is 5.78 Å². The summed E-state index contributed by atoms with van der Waals surface area (Å²) >= 11 is 0. The maximum Gasteiger partial charge on any atom is 0.146 e. The summed E-state index contributed by atoms with van der Waals surface area (Å²) in [5.41, 5.74) is 6.50. The summed E-state index contributed by atoms with van der Waals surface area (Å²) in [7, 11) is 0. The molecule has 1 heterocycles. The highest BCUT2D eigenvalue weighted by molar-refractivity contribution is 5.81. The SMILES string of the molecule is C.CCC(CC)CC(N)[C@H]1[C@H](C)C[C@H](C(C)=O)N1CC. The van der Waals surface area contributed by atoms with Crippen molar-refractivity contribution in [2.24, 2.45) is 17.6 Å². The third-order valence-electron chi connectivity index (χ3n) is 4.99. The number of likely N-dealkylation sites (N-methyl/N-ethyl adjacent to an activating group) is 1. The second kappa shape index (κ2) is 8.78. The molecule has 0 aromatic carbocycles. The number of carbonyl (C=O) groups is 1. The number of Topliss-reactive ketones (excluding diaryl/α,β-unsaturated/α-hetero) is 1. The van der Waals surface area contributed by atoms with Gasteiger partial charge in [0, 0.05) is 12.1 Å². The summed E-state index contributed by atoms with van der Waals surface area (Å²) in [6.45, 7) is 11.5. The first-order valence-electron chi connectivity index (χ1n) is 7.97. The quantitative estimate of drug-likeness (QED) is 0.778. The number of carbonyl (C=O) groups excluding carboxylic acids is 1. The van der Waals surface area contributed by atoms with Crippen LogP contribution in [0.1, 0.15) is 67.7 Å². The van der Waals surface area contributed by atoms with Gasteiger partial charge in [0.05, 0.1) is 6.04 Å². The minimum atomic E-state index is 0. The minimum absolute atomic E-state index is 0. The summed E-state index contributed by atoms with van der Waals surface area (Å²) in [5.74, 6) is 1.54. The predicted molar refractivity (Wildman–Crippen MR) is 87.8 cm³/mol. The van der Waals surface area contributed by atoms with Crippen LogP contribution in [-0.2, 0) is 4.79 Å². The van der Waals surface area contributed by atoms with Crippen LogP contribution >= 0.6 is 0 Å². The van der Waals surface area contributed by atoms with Crippen molar-refractivity contribution in [3.63, 3.8) is 0 Å². The molecule has 4 atom stereocenters. The van der Waals surface area contributed by atoms with E-state index in [4.69, 9.17) is 5.73 Å². The van der Waals surface area contributed by atoms with Gasteiger partial charge in [-0.05, 0) is 38.1 Å². The van der Waals surface area contributed by atoms with Crippen molar-refractivity contribution in [2.45, 2.75) is 85.9 Å². The molecule has 120 valence electrons. The Morgan fingerprint density at radius 3 is 2.25 bits per heavy atom. The summed E-state index contributed by atoms with van der Waals surface area (Å²) < 4.78 is 0. The Kier molecular flexibility index (Phi) is 8.60. The molecule has 20 heavy (non-hydrogen) atoms. The van der Waals surface area contributed by atoms with E-state index in [2.05, 4.69) is 32.6 Å². The van der Waals surface area contributed by atoms with Crippen LogP contribution in [0.4, 0.5) is 0 Å². The van der Waals surface area contributed by atoms with Gasteiger partial charge in [0.25, 0.3) is 0 Å². The van der Waals surface area contributed by atoms with Crippen LogP contribution in [0.25, 0.3) is 0 Å². The molecule has 1 rings (SSSR count). The number of nitrogens with two attached hydrogens (primary N) is 1. The van der Waals surface area contributed by atoms with Gasteiger partial charge in [0.2, 0.25) is 0 Å². The van der Waals surface area contributed by atoms with Crippen LogP contribution in [0.15, 0.2) is 0 Å². The number of ketones is 1. The molecule has 0 spiro atoms. The van der Waals surface area contributed by atoms with E-state index in [0.29, 0.717) is 17.7 Å². The number of likely N-dealkylation sites (tertiary alicyclic amines) is 1. The highest BCUT2D eigenvalue weighted by atomic mass is 16.1. The molecule has 0 radical (unpaired) electrons. The maximum absolute atomic E-state index is 11.8. The fourth-order valence-corrected chi connectivity index (χ4v) is 3.81. The Morgan fingerprint density at radius 1 is 1.30 bits per heavy atom. The molecular weight excluding hydrogens is 248 g/mol. The Labute approximate surface area is 126 Å². The molecule has 0 saturated carbocycles. The first-order chi connectivity index (χ1) is 8.96. The molecule has 2 N–H and O–H groups in total. The van der Waals surface area contributed by atoms with Crippen molar-refractivity contribution in [1.29, 1.82) is 0 Å². The van der Waals surface area contributed by atoms with Gasteiger partial charge in [0.1, 0.15) is 5.78 Å². The van der Waals surface area contributed by atoms with Crippen LogP contribution in [0.3, 0.4) is 0 Å². The molecular formula is C17H36N2O. The number of nitrogens with zero attached hydrogens (tertiary/aromatic N) is 1. The topological polar surface area (TPSA) is 46.3 Å². The Bertz CT molecular complexity index is 289. The van der Waals surface area contributed by atoms with Crippen molar-refractivity contribution in [1.82, 2.24) is 4.90 Å². The first kappa shape index (κ1) is 19.6. The second-order valence-corrected chi connectivity index (χ2v) is 6.24. The predicted octanol–water partition coefficient (Wildman–Crippen LogP) is 3.46. The normalized spacial score (nSPS) is 28.4. The van der Waals surface area contributed by atoms with Gasteiger partial charge >= 0.3 is 0 Å². The molecule has 0 aromatic rings. The molecule has 1 unspecified atom stereocenters. The van der Waals surface area contributed by atoms with E-state index in [1.807, 2.05) is 0 Å². The zero-order valence-corrected chi connectivity index (χ0v) is 13.4. The number of hydrogen-bond acceptors (Lipinski definition) is 3. The standard InChI is InChI=1S/C16H32N2O.CH4/c1-6-13(7-2)10-14(17)16-11(4)9-15(12(5)19)18(16)8-3;/h11,13-16H,6-10,17H2,1-5H3;1H4/t11-,14?,15-,16-;/m1./s1. The zero-order chi connectivity index (χ0) is 14.6. The van der Waals surface area contributed by atoms with Gasteiger partial charge in [-0.15, -0.1) is 0 Å². The highest BCUT2D eigenvalue weighted by Crippen LogP contribution is 2.33. The first-order valence-corrected chi connectivity index (χ1v) is 7.97. The largest absolute Gasteiger partial charge is 0.326 e. The third kappa shape index (κ3) is 4.29. The van der Waals surface area contributed by atoms with E-state index in [9.17, 15) is 4.79 Å². The molecule has 1 saturated heterocycles. The van der Waals surface area contributed by atoms with Crippen LogP contribution < -0.4 is 5.73 Å². The van der Waals surface area contributed by atoms with Crippen molar-refractivity contribution in [3.8, 4) is 0 Å². The van der Waals surface area contributed by atoms with Crippen molar-refractivity contribution in [2.75, 3.05) is 6.54 Å². The molecule has 1 aliphatic rings. The fraction of sp³-hybridized carbons (Fsp3) is 0.941. The van der Waals surface area contributed by atoms with Crippen molar-refractivity contribution in [3.05, 3.63) is 0 Å². The van der Waals surface area contributed by atoms with Gasteiger partial charge in [-0.2, -0.15) is 0 Å². The number of rotatable bonds is 7. The smallest absolute Gasteiger partial charge is 0.146 e. The lowest BCUT2D eigenvalue weighted by Crippen LogP contribution is -2.50. The van der Waals surface area contributed by atoms with E-state index < -0.39 is 0 Å². The minimum Gasteiger partial charge on any atom is -0.326 e. The van der Waals surface area contributed by atoms with E-state index in [1.165, 1.54) is 12.8 Å². The average Bonchev–Trinajstić information content (AvgIpc) is 2.72. The van der Waals surface area contributed by atoms with E-state index >= 15 is 0 Å². The van der Waals surface area contributed by atoms with E-state index in [-0.39, 0.29) is 19.5 Å². The highest BCUT2D eigenvalue weighted by Gasteiger charge is 2.42. The Hall–Kier alpha value is -0.410. The third-order valence-corrected chi connectivity index (χ3v) is 4.99. The van der Waals surface area contributed by atoms with Gasteiger partial charge in [-0.3, -0.25) is 9.69 Å². The lowest BCUT2D eigenvalue weighted by atomic mass is 9.87. The summed E-state index contributed by atoms with van der Waals surface area (Å²) in [6.07, 6.45) is 4.47. The van der Waals surface area contributed by atoms with Crippen LogP contribution in [0.5, 0.6) is 0 Å². The Morgan fingerprint density at radius 2 is 1.85 bits per heavy atom. The van der Waals surface area contributed by atoms with Crippen LogP contribution in [0.2, 0.25) is 0 Å². The molecule has 0 amide bonds. The average molecular weight is 284 g/mol. The van der Waals surface area contributed by atoms with Gasteiger partial charge in [0.15, 0.2) is 0 Å². The van der Waals surface area contributed by atoms with Crippen LogP contribution in [0, 0.1) is 11.8 Å². The van der Waals surface area contributed by atoms with Crippen molar-refractivity contribution < 1.29 is 4.79 Å². The molecule has 0 bridgehead atoms. The number of hydrogen-bond donors (Lipinski definition) is 1. The fourth-order valence-electron chi connectivity index (χ4n) is 3.81. The second-order valence-electron chi connectivity index (χ2n) is 6.24. The maximum atomic E-state index is 11.8. The van der Waals surface area contributed by atoms with Gasteiger partial charge < -0.3 is 5.73 Å². The van der Waals surface area contributed by atoms with Crippen LogP contribution in [-0.4, -0.2) is 35.4 Å². The summed E-state index contributed by atoms with van der Waals surface area (Å²) in [6, 6.07) is 0.668. The summed E-state index contributed by atoms with van der Waals surface area (Å²) in [4.78, 5) is 14.1. The monoisotopic (exact) mass is 284 g/mol. The zero-order valence-electron chi connectivity index (χ0n) is 13.4. The summed E-state index contributed by atoms with van der Waals surface area (Å²) in [5, 5.41) is 0. The van der Waals surface area contributed by atoms with Gasteiger partial charge in [-0.25, -0.2) is 0 Å². The van der Waals surface area contributed by atoms with Gasteiger partial charge in [-0.1, -0.05) is 48.0 Å². The lowest BCUT2D eigenvalue weighted by Gasteiger charge is -2.34. The molecule has 1 fully saturated rings. The van der Waals surface area contributed by atoms with E-state index in [1.54, 1.807) is 6.92 Å². The molecule has 3 heteroatoms. The lowest BCUT2D eigenvalue weighted by molar-refractivity contribution is -0.121. The molecule has 0 aromatic heterocycles. The Balaban J connectivity index is 0.00000361. The molecule has 1 aliphatic heterocycles. The van der Waals surface area contributed by atoms with E-state index in [0.717, 1.165) is 25.3 Å².